The van der Waals surface area contributed by atoms with Gasteiger partial charge in [0.2, 0.25) is 5.91 Å². The summed E-state index contributed by atoms with van der Waals surface area (Å²) in [6.07, 6.45) is 6.31. The van der Waals surface area contributed by atoms with Crippen LogP contribution in [0.25, 0.3) is 0 Å². The van der Waals surface area contributed by atoms with Crippen LogP contribution in [0.5, 0.6) is 0 Å². The number of hydrogen-bond acceptors (Lipinski definition) is 3. The number of piperidine rings is 1. The van der Waals surface area contributed by atoms with Crippen molar-refractivity contribution in [3.05, 3.63) is 24.2 Å². The largest absolute Gasteiger partial charge is 0.467 e. The minimum absolute atomic E-state index is 0.0623. The van der Waals surface area contributed by atoms with Gasteiger partial charge in [-0.15, -0.1) is 0 Å². The maximum Gasteiger partial charge on any atom is 0.318 e. The number of urea groups is 1. The van der Waals surface area contributed by atoms with Crippen molar-refractivity contribution < 1.29 is 14.0 Å². The van der Waals surface area contributed by atoms with Gasteiger partial charge in [0.15, 0.2) is 0 Å². The predicted molar refractivity (Wildman–Crippen MR) is 81.1 cm³/mol. The second-order valence-corrected chi connectivity index (χ2v) is 6.02. The first kappa shape index (κ1) is 14.9. The SMILES string of the molecule is O=C1CCCN1C[C@H]1CCCCN1C(=O)NCc1ccco1. The number of amides is 3. The van der Waals surface area contributed by atoms with Crippen LogP contribution < -0.4 is 5.32 Å². The van der Waals surface area contributed by atoms with Gasteiger partial charge in [-0.05, 0) is 37.8 Å². The summed E-state index contributed by atoms with van der Waals surface area (Å²) < 4.78 is 5.23. The van der Waals surface area contributed by atoms with Crippen molar-refractivity contribution >= 4 is 11.9 Å². The normalized spacial score (nSPS) is 22.2. The van der Waals surface area contributed by atoms with Crippen molar-refractivity contribution in [1.29, 1.82) is 0 Å². The Morgan fingerprint density at radius 3 is 2.95 bits per heavy atom. The van der Waals surface area contributed by atoms with E-state index in [1.807, 2.05) is 21.9 Å². The van der Waals surface area contributed by atoms with E-state index in [-0.39, 0.29) is 18.0 Å². The highest BCUT2D eigenvalue weighted by atomic mass is 16.3. The average molecular weight is 305 g/mol. The van der Waals surface area contributed by atoms with Gasteiger partial charge in [-0.1, -0.05) is 0 Å². The molecule has 0 saturated carbocycles. The fourth-order valence-electron chi connectivity index (χ4n) is 3.29. The molecule has 0 aromatic carbocycles. The molecule has 1 aromatic heterocycles. The molecule has 3 amide bonds. The van der Waals surface area contributed by atoms with Gasteiger partial charge >= 0.3 is 6.03 Å². The van der Waals surface area contributed by atoms with E-state index in [0.29, 0.717) is 19.5 Å². The maximum atomic E-state index is 12.4. The Morgan fingerprint density at radius 1 is 1.32 bits per heavy atom. The van der Waals surface area contributed by atoms with E-state index in [4.69, 9.17) is 4.42 Å². The molecule has 2 fully saturated rings. The Bertz CT molecular complexity index is 515. The van der Waals surface area contributed by atoms with Crippen LogP contribution in [-0.2, 0) is 11.3 Å². The van der Waals surface area contributed by atoms with Crippen LogP contribution in [0.4, 0.5) is 4.79 Å². The molecule has 120 valence electrons. The summed E-state index contributed by atoms with van der Waals surface area (Å²) in [5.74, 6) is 0.971. The predicted octanol–water partition coefficient (Wildman–Crippen LogP) is 1.97. The number of carbonyl (C=O) groups excluding carboxylic acids is 2. The van der Waals surface area contributed by atoms with E-state index >= 15 is 0 Å². The number of rotatable bonds is 4. The number of carbonyl (C=O) groups is 2. The molecule has 6 nitrogen and oxygen atoms in total. The molecule has 2 saturated heterocycles. The number of nitrogens with zero attached hydrogens (tertiary/aromatic N) is 2. The van der Waals surface area contributed by atoms with Gasteiger partial charge in [0.1, 0.15) is 5.76 Å². The molecular formula is C16H23N3O3. The highest BCUT2D eigenvalue weighted by molar-refractivity contribution is 5.78. The van der Waals surface area contributed by atoms with Gasteiger partial charge in [-0.2, -0.15) is 0 Å². The van der Waals surface area contributed by atoms with Crippen LogP contribution in [0, 0.1) is 0 Å². The number of likely N-dealkylation sites (tertiary alicyclic amines) is 2. The zero-order chi connectivity index (χ0) is 15.4. The number of furan rings is 1. The third-order valence-corrected chi connectivity index (χ3v) is 4.48. The quantitative estimate of drug-likeness (QED) is 0.925. The Kier molecular flexibility index (Phi) is 4.65. The molecule has 3 rings (SSSR count). The lowest BCUT2D eigenvalue weighted by Gasteiger charge is -2.37. The molecule has 2 aliphatic rings. The van der Waals surface area contributed by atoms with E-state index < -0.39 is 0 Å². The fraction of sp³-hybridized carbons (Fsp3) is 0.625. The summed E-state index contributed by atoms with van der Waals surface area (Å²) in [7, 11) is 0. The highest BCUT2D eigenvalue weighted by Crippen LogP contribution is 2.20. The summed E-state index contributed by atoms with van der Waals surface area (Å²) >= 11 is 0. The number of nitrogens with one attached hydrogen (secondary N) is 1. The lowest BCUT2D eigenvalue weighted by molar-refractivity contribution is -0.128. The van der Waals surface area contributed by atoms with E-state index in [1.165, 1.54) is 0 Å². The summed E-state index contributed by atoms with van der Waals surface area (Å²) in [6, 6.07) is 3.72. The molecule has 1 aromatic rings. The molecule has 1 N–H and O–H groups in total. The summed E-state index contributed by atoms with van der Waals surface area (Å²) in [4.78, 5) is 28.0. The second kappa shape index (κ2) is 6.85. The van der Waals surface area contributed by atoms with Crippen LogP contribution in [0.2, 0.25) is 0 Å². The third kappa shape index (κ3) is 3.43. The van der Waals surface area contributed by atoms with Gasteiger partial charge in [0.25, 0.3) is 0 Å². The molecule has 1 atom stereocenters. The van der Waals surface area contributed by atoms with Crippen LogP contribution in [0.15, 0.2) is 22.8 Å². The van der Waals surface area contributed by atoms with E-state index in [0.717, 1.165) is 44.5 Å². The van der Waals surface area contributed by atoms with Crippen molar-refractivity contribution in [1.82, 2.24) is 15.1 Å². The van der Waals surface area contributed by atoms with Crippen molar-refractivity contribution in [2.45, 2.75) is 44.7 Å². The van der Waals surface area contributed by atoms with E-state index in [2.05, 4.69) is 5.32 Å². The monoisotopic (exact) mass is 305 g/mol. The van der Waals surface area contributed by atoms with Crippen molar-refractivity contribution in [3.63, 3.8) is 0 Å². The summed E-state index contributed by atoms with van der Waals surface area (Å²) in [5, 5.41) is 2.91. The third-order valence-electron chi connectivity index (χ3n) is 4.48. The van der Waals surface area contributed by atoms with Crippen LogP contribution in [0.3, 0.4) is 0 Å². The molecule has 6 heteroatoms. The van der Waals surface area contributed by atoms with E-state index in [1.54, 1.807) is 6.26 Å². The van der Waals surface area contributed by atoms with Gasteiger partial charge in [0, 0.05) is 26.1 Å². The molecular weight excluding hydrogens is 282 g/mol. The lowest BCUT2D eigenvalue weighted by Crippen LogP contribution is -2.52. The molecule has 0 spiro atoms. The Balaban J connectivity index is 1.56. The van der Waals surface area contributed by atoms with Gasteiger partial charge < -0.3 is 19.5 Å². The number of hydrogen-bond donors (Lipinski definition) is 1. The minimum atomic E-state index is -0.0623. The Morgan fingerprint density at radius 2 is 2.23 bits per heavy atom. The Labute approximate surface area is 130 Å². The zero-order valence-corrected chi connectivity index (χ0v) is 12.8. The minimum Gasteiger partial charge on any atom is -0.467 e. The van der Waals surface area contributed by atoms with Crippen molar-refractivity contribution in [2.24, 2.45) is 0 Å². The van der Waals surface area contributed by atoms with Crippen molar-refractivity contribution in [2.75, 3.05) is 19.6 Å². The molecule has 0 bridgehead atoms. The fourth-order valence-corrected chi connectivity index (χ4v) is 3.29. The first-order chi connectivity index (χ1) is 10.7. The molecule has 3 heterocycles. The lowest BCUT2D eigenvalue weighted by atomic mass is 10.0. The smallest absolute Gasteiger partial charge is 0.318 e. The summed E-state index contributed by atoms with van der Waals surface area (Å²) in [5.41, 5.74) is 0. The Hall–Kier alpha value is -1.98. The second-order valence-electron chi connectivity index (χ2n) is 6.02. The average Bonchev–Trinajstić information content (AvgIpc) is 3.18. The van der Waals surface area contributed by atoms with Crippen LogP contribution in [0.1, 0.15) is 37.9 Å². The van der Waals surface area contributed by atoms with Gasteiger partial charge in [0.05, 0.1) is 18.8 Å². The maximum absolute atomic E-state index is 12.4. The molecule has 2 aliphatic heterocycles. The molecule has 0 unspecified atom stereocenters. The van der Waals surface area contributed by atoms with Crippen LogP contribution >= 0.6 is 0 Å². The van der Waals surface area contributed by atoms with Gasteiger partial charge in [-0.25, -0.2) is 4.79 Å². The first-order valence-corrected chi connectivity index (χ1v) is 8.08. The first-order valence-electron chi connectivity index (χ1n) is 8.08. The molecule has 0 aliphatic carbocycles. The topological polar surface area (TPSA) is 65.8 Å². The van der Waals surface area contributed by atoms with Crippen LogP contribution in [-0.4, -0.2) is 47.4 Å². The zero-order valence-electron chi connectivity index (χ0n) is 12.8. The van der Waals surface area contributed by atoms with Crippen molar-refractivity contribution in [3.8, 4) is 0 Å². The molecule has 22 heavy (non-hydrogen) atoms. The summed E-state index contributed by atoms with van der Waals surface area (Å²) in [6.45, 7) is 2.67. The van der Waals surface area contributed by atoms with E-state index in [9.17, 15) is 9.59 Å². The molecule has 0 radical (unpaired) electrons. The standard InChI is InChI=1S/C16H23N3O3/c20-15-7-3-8-18(15)12-13-5-1-2-9-19(13)16(21)17-11-14-6-4-10-22-14/h4,6,10,13H,1-3,5,7-9,11-12H2,(H,17,21)/t13-/m1/s1. The highest BCUT2D eigenvalue weighted by Gasteiger charge is 2.31. The van der Waals surface area contributed by atoms with Gasteiger partial charge in [-0.3, -0.25) is 4.79 Å².